The van der Waals surface area contributed by atoms with E-state index in [2.05, 4.69) is 36.5 Å². The first-order chi connectivity index (χ1) is 12.6. The first-order valence-corrected chi connectivity index (χ1v) is 10.3. The third kappa shape index (κ3) is 11.9. The third-order valence-corrected chi connectivity index (χ3v) is 4.42. The number of esters is 1. The van der Waals surface area contributed by atoms with Crippen LogP contribution < -0.4 is 5.32 Å². The molecule has 0 aliphatic rings. The molecule has 1 unspecified atom stereocenters. The molecule has 0 saturated carbocycles. The average Bonchev–Trinajstić information content (AvgIpc) is 2.64. The predicted octanol–water partition coefficient (Wildman–Crippen LogP) is 5.10. The van der Waals surface area contributed by atoms with Crippen LogP contribution in [-0.4, -0.2) is 30.3 Å². The van der Waals surface area contributed by atoms with Crippen LogP contribution in [0.5, 0.6) is 0 Å². The van der Waals surface area contributed by atoms with E-state index in [4.69, 9.17) is 9.84 Å². The molecule has 0 aliphatic heterocycles. The van der Waals surface area contributed by atoms with Crippen LogP contribution in [0.15, 0.2) is 24.3 Å². The minimum Gasteiger partial charge on any atom is -0.463 e. The van der Waals surface area contributed by atoms with Crippen molar-refractivity contribution < 1.29 is 14.6 Å². The number of hydrogen-bond donors (Lipinski definition) is 2. The molecule has 2 N–H and O–H groups in total. The standard InChI is InChI=1S/C22H37NO3/c1-3-4-5-6-7-8-9-10-17-23-21-14-11-20(12-15-21)13-16-22(25)26-18-19(2)24/h11-12,14-15,19,23-24H,3-10,13,16-18H2,1-2H3. The molecule has 148 valence electrons. The number of anilines is 1. The molecule has 0 heterocycles. The Kier molecular flexibility index (Phi) is 12.6. The quantitative estimate of drug-likeness (QED) is 0.336. The molecule has 1 aromatic carbocycles. The zero-order valence-electron chi connectivity index (χ0n) is 16.6. The fourth-order valence-electron chi connectivity index (χ4n) is 2.81. The maximum absolute atomic E-state index is 11.5. The maximum atomic E-state index is 11.5. The van der Waals surface area contributed by atoms with Crippen LogP contribution in [-0.2, 0) is 16.0 Å². The second-order valence-corrected chi connectivity index (χ2v) is 7.13. The van der Waals surface area contributed by atoms with Crippen molar-refractivity contribution in [2.24, 2.45) is 0 Å². The Labute approximate surface area is 159 Å². The van der Waals surface area contributed by atoms with Gasteiger partial charge in [0.25, 0.3) is 0 Å². The Hall–Kier alpha value is -1.55. The van der Waals surface area contributed by atoms with Crippen molar-refractivity contribution in [3.63, 3.8) is 0 Å². The van der Waals surface area contributed by atoms with Gasteiger partial charge in [0.2, 0.25) is 0 Å². The number of ether oxygens (including phenoxy) is 1. The fraction of sp³-hybridized carbons (Fsp3) is 0.682. The largest absolute Gasteiger partial charge is 0.463 e. The van der Waals surface area contributed by atoms with Crippen molar-refractivity contribution in [3.8, 4) is 0 Å². The highest BCUT2D eigenvalue weighted by molar-refractivity contribution is 5.69. The van der Waals surface area contributed by atoms with Gasteiger partial charge < -0.3 is 15.2 Å². The molecule has 0 saturated heterocycles. The van der Waals surface area contributed by atoms with Crippen LogP contribution in [0.1, 0.15) is 77.2 Å². The second kappa shape index (κ2) is 14.6. The Bertz CT molecular complexity index is 471. The minimum absolute atomic E-state index is 0.0699. The number of benzene rings is 1. The number of rotatable bonds is 15. The molecule has 26 heavy (non-hydrogen) atoms. The number of unbranched alkanes of at least 4 members (excludes halogenated alkanes) is 7. The van der Waals surface area contributed by atoms with Crippen molar-refractivity contribution in [3.05, 3.63) is 29.8 Å². The Balaban J connectivity index is 2.08. The number of aliphatic hydroxyl groups is 1. The van der Waals surface area contributed by atoms with Gasteiger partial charge in [0.1, 0.15) is 6.61 Å². The summed E-state index contributed by atoms with van der Waals surface area (Å²) in [5.74, 6) is -0.261. The first kappa shape index (κ1) is 22.5. The van der Waals surface area contributed by atoms with E-state index in [-0.39, 0.29) is 12.6 Å². The summed E-state index contributed by atoms with van der Waals surface area (Å²) >= 11 is 0. The van der Waals surface area contributed by atoms with Gasteiger partial charge in [-0.05, 0) is 37.5 Å². The molecule has 0 bridgehead atoms. The smallest absolute Gasteiger partial charge is 0.306 e. The van der Waals surface area contributed by atoms with Gasteiger partial charge in [-0.25, -0.2) is 0 Å². The maximum Gasteiger partial charge on any atom is 0.306 e. The third-order valence-electron chi connectivity index (χ3n) is 4.42. The highest BCUT2D eigenvalue weighted by Crippen LogP contribution is 2.13. The summed E-state index contributed by atoms with van der Waals surface area (Å²) < 4.78 is 4.96. The van der Waals surface area contributed by atoms with E-state index in [0.717, 1.165) is 17.8 Å². The number of aryl methyl sites for hydroxylation is 1. The first-order valence-electron chi connectivity index (χ1n) is 10.3. The summed E-state index contributed by atoms with van der Waals surface area (Å²) in [6.07, 6.45) is 11.1. The molecule has 1 rings (SSSR count). The van der Waals surface area contributed by atoms with E-state index in [1.54, 1.807) is 6.92 Å². The summed E-state index contributed by atoms with van der Waals surface area (Å²) in [5, 5.41) is 12.6. The molecule has 1 atom stereocenters. The molecular formula is C22H37NO3. The van der Waals surface area contributed by atoms with Crippen molar-refractivity contribution in [2.75, 3.05) is 18.5 Å². The highest BCUT2D eigenvalue weighted by atomic mass is 16.5. The summed E-state index contributed by atoms with van der Waals surface area (Å²) in [4.78, 5) is 11.5. The van der Waals surface area contributed by atoms with Crippen molar-refractivity contribution in [1.29, 1.82) is 0 Å². The number of nitrogens with one attached hydrogen (secondary N) is 1. The van der Waals surface area contributed by atoms with Gasteiger partial charge in [-0.2, -0.15) is 0 Å². The molecule has 0 spiro atoms. The van der Waals surface area contributed by atoms with Gasteiger partial charge in [0.05, 0.1) is 6.10 Å². The predicted molar refractivity (Wildman–Crippen MR) is 109 cm³/mol. The van der Waals surface area contributed by atoms with E-state index in [0.29, 0.717) is 12.8 Å². The van der Waals surface area contributed by atoms with Crippen LogP contribution in [0.4, 0.5) is 5.69 Å². The Morgan fingerprint density at radius 2 is 1.65 bits per heavy atom. The molecule has 1 aromatic rings. The number of carbonyl (C=O) groups excluding carboxylic acids is 1. The molecule has 0 aromatic heterocycles. The van der Waals surface area contributed by atoms with Crippen LogP contribution in [0.25, 0.3) is 0 Å². The lowest BCUT2D eigenvalue weighted by atomic mass is 10.1. The molecule has 0 radical (unpaired) electrons. The summed E-state index contributed by atoms with van der Waals surface area (Å²) in [5.41, 5.74) is 2.25. The van der Waals surface area contributed by atoms with Crippen LogP contribution in [0.3, 0.4) is 0 Å². The van der Waals surface area contributed by atoms with Crippen LogP contribution in [0, 0.1) is 0 Å². The number of hydrogen-bond acceptors (Lipinski definition) is 4. The normalized spacial score (nSPS) is 12.0. The topological polar surface area (TPSA) is 58.6 Å². The molecule has 4 nitrogen and oxygen atoms in total. The van der Waals surface area contributed by atoms with Crippen molar-refractivity contribution >= 4 is 11.7 Å². The zero-order valence-corrected chi connectivity index (χ0v) is 16.6. The molecular weight excluding hydrogens is 326 g/mol. The minimum atomic E-state index is -0.606. The monoisotopic (exact) mass is 363 g/mol. The summed E-state index contributed by atoms with van der Waals surface area (Å²) in [6.45, 7) is 4.94. The molecule has 0 amide bonds. The van der Waals surface area contributed by atoms with Gasteiger partial charge in [0, 0.05) is 18.7 Å². The van der Waals surface area contributed by atoms with Crippen LogP contribution >= 0.6 is 0 Å². The molecule has 0 aliphatic carbocycles. The van der Waals surface area contributed by atoms with Gasteiger partial charge in [-0.15, -0.1) is 0 Å². The van der Waals surface area contributed by atoms with Gasteiger partial charge in [0.15, 0.2) is 0 Å². The SMILES string of the molecule is CCCCCCCCCCNc1ccc(CCC(=O)OCC(C)O)cc1. The lowest BCUT2D eigenvalue weighted by molar-refractivity contribution is -0.146. The number of aliphatic hydroxyl groups excluding tert-OH is 1. The van der Waals surface area contributed by atoms with Gasteiger partial charge >= 0.3 is 5.97 Å². The van der Waals surface area contributed by atoms with Crippen molar-refractivity contribution in [1.82, 2.24) is 0 Å². The molecule has 0 fully saturated rings. The Morgan fingerprint density at radius 1 is 1.04 bits per heavy atom. The van der Waals surface area contributed by atoms with Crippen molar-refractivity contribution in [2.45, 2.75) is 84.2 Å². The van der Waals surface area contributed by atoms with Crippen LogP contribution in [0.2, 0.25) is 0 Å². The summed E-state index contributed by atoms with van der Waals surface area (Å²) in [7, 11) is 0. The van der Waals surface area contributed by atoms with E-state index in [1.165, 1.54) is 51.4 Å². The zero-order chi connectivity index (χ0) is 19.0. The van der Waals surface area contributed by atoms with E-state index < -0.39 is 6.10 Å². The lowest BCUT2D eigenvalue weighted by Gasteiger charge is -2.08. The Morgan fingerprint density at radius 3 is 2.27 bits per heavy atom. The fourth-order valence-corrected chi connectivity index (χ4v) is 2.81. The number of carbonyl (C=O) groups is 1. The second-order valence-electron chi connectivity index (χ2n) is 7.13. The average molecular weight is 364 g/mol. The summed E-state index contributed by atoms with van der Waals surface area (Å²) in [6, 6.07) is 8.25. The van der Waals surface area contributed by atoms with E-state index in [1.807, 2.05) is 0 Å². The van der Waals surface area contributed by atoms with Gasteiger partial charge in [-0.3, -0.25) is 4.79 Å². The van der Waals surface area contributed by atoms with Gasteiger partial charge in [-0.1, -0.05) is 64.0 Å². The molecule has 4 heteroatoms. The lowest BCUT2D eigenvalue weighted by Crippen LogP contribution is -2.15. The highest BCUT2D eigenvalue weighted by Gasteiger charge is 2.05. The van der Waals surface area contributed by atoms with E-state index in [9.17, 15) is 4.79 Å². The van der Waals surface area contributed by atoms with E-state index >= 15 is 0 Å².